The summed E-state index contributed by atoms with van der Waals surface area (Å²) in [5.41, 5.74) is 0. The molecule has 0 amide bonds. The number of hydrogen-bond donors (Lipinski definition) is 3. The molecule has 0 spiro atoms. The van der Waals surface area contributed by atoms with Gasteiger partial charge in [-0.3, -0.25) is 0 Å². The minimum atomic E-state index is -4.64. The molecular formula is H7AlLiO4PTaTi. The first-order chi connectivity index (χ1) is 2.00. The summed E-state index contributed by atoms with van der Waals surface area (Å²) in [6.07, 6.45) is 0. The zero-order valence-electron chi connectivity index (χ0n) is 5.14. The van der Waals surface area contributed by atoms with Crippen LogP contribution >= 0.6 is 7.82 Å². The van der Waals surface area contributed by atoms with Crippen molar-refractivity contribution < 1.29 is 83.6 Å². The van der Waals surface area contributed by atoms with E-state index in [1.54, 1.807) is 0 Å². The van der Waals surface area contributed by atoms with Crippen LogP contribution in [0.1, 0.15) is 1.43 Å². The van der Waals surface area contributed by atoms with Crippen molar-refractivity contribution in [3.63, 3.8) is 0 Å². The summed E-state index contributed by atoms with van der Waals surface area (Å²) < 4.78 is 8.88. The van der Waals surface area contributed by atoms with Crippen molar-refractivity contribution in [2.75, 3.05) is 0 Å². The van der Waals surface area contributed by atoms with Crippen molar-refractivity contribution in [2.45, 2.75) is 0 Å². The fourth-order valence-electron chi connectivity index (χ4n) is 0. The van der Waals surface area contributed by atoms with E-state index in [0.29, 0.717) is 0 Å². The second-order valence-electron chi connectivity index (χ2n) is 0.513. The molecule has 4 nitrogen and oxygen atoms in total. The van der Waals surface area contributed by atoms with Crippen LogP contribution in [0.2, 0.25) is 0 Å². The predicted molar refractivity (Wildman–Crippen MR) is 25.3 cm³/mol. The molecule has 0 aliphatic heterocycles. The summed E-state index contributed by atoms with van der Waals surface area (Å²) in [6, 6.07) is 0. The third-order valence-corrected chi connectivity index (χ3v) is 0. The van der Waals surface area contributed by atoms with E-state index in [-0.39, 0.29) is 81.7 Å². The van der Waals surface area contributed by atoms with Gasteiger partial charge in [0.1, 0.15) is 0 Å². The minimum Gasteiger partial charge on any atom is -1.00 e. The van der Waals surface area contributed by atoms with E-state index in [0.717, 1.165) is 0 Å². The van der Waals surface area contributed by atoms with Gasteiger partial charge >= 0.3 is 26.7 Å². The predicted octanol–water partition coefficient (Wildman–Crippen LogP) is -5.00. The Morgan fingerprint density at radius 1 is 1.22 bits per heavy atom. The van der Waals surface area contributed by atoms with Gasteiger partial charge in [0, 0.05) is 44.1 Å². The Morgan fingerprint density at radius 3 is 1.22 bits per heavy atom. The molecule has 0 heterocycles. The zero-order valence-corrected chi connectivity index (χ0v) is 9.81. The van der Waals surface area contributed by atoms with Crippen LogP contribution in [-0.4, -0.2) is 32.0 Å². The number of rotatable bonds is 0. The molecule has 9 heteroatoms. The molecule has 0 rings (SSSR count). The third-order valence-electron chi connectivity index (χ3n) is 0. The molecule has 0 atom stereocenters. The van der Waals surface area contributed by atoms with E-state index < -0.39 is 7.82 Å². The zero-order chi connectivity index (χ0) is 4.50. The Labute approximate surface area is 108 Å². The monoisotopic (exact) mass is 365 g/mol. The van der Waals surface area contributed by atoms with Crippen molar-refractivity contribution in [3.8, 4) is 0 Å². The third kappa shape index (κ3) is 111. The summed E-state index contributed by atoms with van der Waals surface area (Å²) >= 11 is 0. The fourth-order valence-corrected chi connectivity index (χ4v) is 0. The molecule has 0 aromatic rings. The molecule has 0 aromatic carbocycles. The SMILES string of the molecule is O=P(O)(O)O.[AlH3].[H-].[Li+].[Ta].[Ti]. The summed E-state index contributed by atoms with van der Waals surface area (Å²) in [7, 11) is -4.64. The molecule has 0 saturated carbocycles. The van der Waals surface area contributed by atoms with Crippen molar-refractivity contribution in [3.05, 3.63) is 0 Å². The Kier molecular flexibility index (Phi) is 44.1. The first-order valence-corrected chi connectivity index (χ1v) is 2.35. The van der Waals surface area contributed by atoms with Gasteiger partial charge in [0.25, 0.3) is 0 Å². The average Bonchev–Trinajstić information content (AvgIpc) is 0.722. The molecule has 1 radical (unpaired) electrons. The second-order valence-corrected chi connectivity index (χ2v) is 1.54. The van der Waals surface area contributed by atoms with Gasteiger partial charge in [-0.25, -0.2) is 4.57 Å². The van der Waals surface area contributed by atoms with Crippen LogP contribution in [0.5, 0.6) is 0 Å². The van der Waals surface area contributed by atoms with E-state index in [1.807, 2.05) is 0 Å². The normalized spacial score (nSPS) is 6.56. The van der Waals surface area contributed by atoms with Gasteiger partial charge in [0.05, 0.1) is 0 Å². The number of hydrogen-bond acceptors (Lipinski definition) is 1. The van der Waals surface area contributed by atoms with E-state index in [4.69, 9.17) is 19.2 Å². The molecule has 0 unspecified atom stereocenters. The van der Waals surface area contributed by atoms with E-state index in [1.165, 1.54) is 0 Å². The molecule has 0 fully saturated rings. The van der Waals surface area contributed by atoms with Crippen molar-refractivity contribution in [1.29, 1.82) is 0 Å². The van der Waals surface area contributed by atoms with Gasteiger partial charge in [-0.1, -0.05) is 0 Å². The van der Waals surface area contributed by atoms with Crippen LogP contribution in [0.3, 0.4) is 0 Å². The summed E-state index contributed by atoms with van der Waals surface area (Å²) in [5, 5.41) is 0. The smallest absolute Gasteiger partial charge is 1.00 e. The van der Waals surface area contributed by atoms with Crippen LogP contribution < -0.4 is 18.9 Å². The maximum absolute atomic E-state index is 8.88. The molecule has 49 valence electrons. The molecule has 0 bridgehead atoms. The Morgan fingerprint density at radius 2 is 1.22 bits per heavy atom. The van der Waals surface area contributed by atoms with Gasteiger partial charge in [0.15, 0.2) is 17.4 Å². The molecule has 0 aliphatic rings. The molecule has 3 N–H and O–H groups in total. The van der Waals surface area contributed by atoms with Crippen LogP contribution in [0.4, 0.5) is 0 Å². The maximum Gasteiger partial charge on any atom is 1.00 e. The minimum absolute atomic E-state index is 0. The Bertz CT molecular complexity index is 71.4. The summed E-state index contributed by atoms with van der Waals surface area (Å²) in [5.74, 6) is 0. The maximum atomic E-state index is 8.88. The quantitative estimate of drug-likeness (QED) is 0.297. The topological polar surface area (TPSA) is 77.8 Å². The first kappa shape index (κ1) is 29.8. The molecule has 9 heavy (non-hydrogen) atoms. The molecular weight excluding hydrogens is 358 g/mol. The Hall–Kier alpha value is 2.69. The molecule has 0 aliphatic carbocycles. The number of phosphoric acid groups is 1. The van der Waals surface area contributed by atoms with E-state index >= 15 is 0 Å². The second kappa shape index (κ2) is 13.3. The van der Waals surface area contributed by atoms with Crippen LogP contribution in [-0.2, 0) is 48.7 Å². The first-order valence-electron chi connectivity index (χ1n) is 0.783. The van der Waals surface area contributed by atoms with E-state index in [9.17, 15) is 0 Å². The molecule has 0 aromatic heterocycles. The van der Waals surface area contributed by atoms with Crippen LogP contribution in [0.25, 0.3) is 0 Å². The van der Waals surface area contributed by atoms with Crippen molar-refractivity contribution >= 4 is 25.2 Å². The van der Waals surface area contributed by atoms with Crippen molar-refractivity contribution in [1.82, 2.24) is 0 Å². The fraction of sp³-hybridized carbons (Fsp3) is 0. The van der Waals surface area contributed by atoms with Gasteiger partial charge in [0.2, 0.25) is 0 Å². The van der Waals surface area contributed by atoms with Gasteiger partial charge < -0.3 is 16.1 Å². The van der Waals surface area contributed by atoms with Gasteiger partial charge in [-0.2, -0.15) is 0 Å². The molecule has 0 saturated heterocycles. The van der Waals surface area contributed by atoms with E-state index in [2.05, 4.69) is 0 Å². The van der Waals surface area contributed by atoms with Gasteiger partial charge in [-0.05, 0) is 0 Å². The van der Waals surface area contributed by atoms with Crippen LogP contribution in [0, 0.1) is 0 Å². The average molecular weight is 365 g/mol. The largest absolute Gasteiger partial charge is 1.00 e. The standard InChI is InChI=1S/Al.Li.H3O4P.Ta.Ti.4H/c;;1-5(2,3)4;;;;;;/h;;(H3,1,2,3,4);;;;;;/q;+1;;;;;;;-1. The van der Waals surface area contributed by atoms with Gasteiger partial charge in [-0.15, -0.1) is 0 Å². The van der Waals surface area contributed by atoms with Crippen LogP contribution in [0.15, 0.2) is 0 Å². The van der Waals surface area contributed by atoms with Crippen molar-refractivity contribution in [2.24, 2.45) is 0 Å². The Balaban J connectivity index is -0.00000000800. The summed E-state index contributed by atoms with van der Waals surface area (Å²) in [4.78, 5) is 21.6. The summed E-state index contributed by atoms with van der Waals surface area (Å²) in [6.45, 7) is 0.